The molecule has 0 spiro atoms. The smallest absolute Gasteiger partial charge is 0.191 e. The van der Waals surface area contributed by atoms with Crippen LogP contribution in [-0.4, -0.2) is 18.5 Å². The van der Waals surface area contributed by atoms with Crippen LogP contribution in [0.2, 0.25) is 0 Å². The van der Waals surface area contributed by atoms with E-state index in [1.54, 1.807) is 0 Å². The molecule has 1 unspecified atom stereocenters. The summed E-state index contributed by atoms with van der Waals surface area (Å²) in [5.74, 6) is 0.104. The van der Waals surface area contributed by atoms with E-state index in [-0.39, 0.29) is 11.9 Å². The lowest BCUT2D eigenvalue weighted by Crippen LogP contribution is -2.24. The maximum absolute atomic E-state index is 12.2. The summed E-state index contributed by atoms with van der Waals surface area (Å²) in [6.07, 6.45) is 1.47. The van der Waals surface area contributed by atoms with E-state index in [4.69, 9.17) is 4.74 Å². The van der Waals surface area contributed by atoms with Crippen molar-refractivity contribution in [3.63, 3.8) is 0 Å². The SMILES string of the molecule is CCCC(OCC)C(=O)c1cccc(C)c1. The Kier molecular flexibility index (Phi) is 5.20. The fourth-order valence-electron chi connectivity index (χ4n) is 1.74. The molecule has 0 bridgehead atoms. The van der Waals surface area contributed by atoms with Crippen LogP contribution in [0, 0.1) is 6.92 Å². The predicted molar refractivity (Wildman–Crippen MR) is 65.8 cm³/mol. The zero-order chi connectivity index (χ0) is 12.0. The van der Waals surface area contributed by atoms with Crippen molar-refractivity contribution in [1.82, 2.24) is 0 Å². The second-order valence-corrected chi connectivity index (χ2v) is 3.97. The average Bonchev–Trinajstić information content (AvgIpc) is 2.28. The highest BCUT2D eigenvalue weighted by molar-refractivity contribution is 5.99. The summed E-state index contributed by atoms with van der Waals surface area (Å²) in [7, 11) is 0. The van der Waals surface area contributed by atoms with Crippen molar-refractivity contribution in [2.24, 2.45) is 0 Å². The Morgan fingerprint density at radius 1 is 1.38 bits per heavy atom. The van der Waals surface area contributed by atoms with E-state index in [1.165, 1.54) is 0 Å². The molecule has 0 aliphatic heterocycles. The molecule has 1 aromatic carbocycles. The summed E-state index contributed by atoms with van der Waals surface area (Å²) in [5.41, 5.74) is 1.87. The Morgan fingerprint density at radius 2 is 2.12 bits per heavy atom. The van der Waals surface area contributed by atoms with Crippen molar-refractivity contribution in [3.05, 3.63) is 35.4 Å². The van der Waals surface area contributed by atoms with Crippen molar-refractivity contribution in [3.8, 4) is 0 Å². The summed E-state index contributed by atoms with van der Waals surface area (Å²) in [4.78, 5) is 12.2. The van der Waals surface area contributed by atoms with Gasteiger partial charge in [0, 0.05) is 12.2 Å². The maximum atomic E-state index is 12.2. The van der Waals surface area contributed by atoms with Crippen LogP contribution in [0.4, 0.5) is 0 Å². The van der Waals surface area contributed by atoms with E-state index < -0.39 is 0 Å². The number of carbonyl (C=O) groups is 1. The second kappa shape index (κ2) is 6.44. The number of hydrogen-bond acceptors (Lipinski definition) is 2. The Morgan fingerprint density at radius 3 is 2.69 bits per heavy atom. The van der Waals surface area contributed by atoms with Crippen LogP contribution in [0.3, 0.4) is 0 Å². The number of rotatable bonds is 6. The molecule has 0 fully saturated rings. The van der Waals surface area contributed by atoms with Crippen LogP contribution in [0.25, 0.3) is 0 Å². The van der Waals surface area contributed by atoms with Gasteiger partial charge in [0.05, 0.1) is 0 Å². The molecule has 0 aromatic heterocycles. The van der Waals surface area contributed by atoms with Gasteiger partial charge in [0.1, 0.15) is 6.10 Å². The molecule has 0 saturated carbocycles. The Bertz CT molecular complexity index is 338. The van der Waals surface area contributed by atoms with Crippen LogP contribution in [0.1, 0.15) is 42.6 Å². The molecule has 1 rings (SSSR count). The number of hydrogen-bond donors (Lipinski definition) is 0. The number of Topliss-reactive ketones (excluding diaryl/α,β-unsaturated/α-hetero) is 1. The third-order valence-corrected chi connectivity index (χ3v) is 2.51. The third-order valence-electron chi connectivity index (χ3n) is 2.51. The van der Waals surface area contributed by atoms with Crippen molar-refractivity contribution in [2.45, 2.75) is 39.7 Å². The van der Waals surface area contributed by atoms with Gasteiger partial charge in [-0.15, -0.1) is 0 Å². The van der Waals surface area contributed by atoms with Gasteiger partial charge in [-0.2, -0.15) is 0 Å². The minimum atomic E-state index is -0.281. The summed E-state index contributed by atoms with van der Waals surface area (Å²) < 4.78 is 5.49. The highest BCUT2D eigenvalue weighted by Gasteiger charge is 2.19. The topological polar surface area (TPSA) is 26.3 Å². The molecule has 16 heavy (non-hydrogen) atoms. The van der Waals surface area contributed by atoms with Gasteiger partial charge in [-0.25, -0.2) is 0 Å². The number of aryl methyl sites for hydroxylation is 1. The van der Waals surface area contributed by atoms with Crippen LogP contribution in [0.5, 0.6) is 0 Å². The lowest BCUT2D eigenvalue weighted by Gasteiger charge is -2.15. The molecule has 0 N–H and O–H groups in total. The number of ether oxygens (including phenoxy) is 1. The highest BCUT2D eigenvalue weighted by atomic mass is 16.5. The first-order chi connectivity index (χ1) is 7.69. The van der Waals surface area contributed by atoms with E-state index in [2.05, 4.69) is 6.92 Å². The van der Waals surface area contributed by atoms with E-state index in [0.29, 0.717) is 6.61 Å². The summed E-state index contributed by atoms with van der Waals surface area (Å²) in [5, 5.41) is 0. The fourth-order valence-corrected chi connectivity index (χ4v) is 1.74. The van der Waals surface area contributed by atoms with Crippen molar-refractivity contribution < 1.29 is 9.53 Å². The highest BCUT2D eigenvalue weighted by Crippen LogP contribution is 2.12. The van der Waals surface area contributed by atoms with Crippen LogP contribution < -0.4 is 0 Å². The molecule has 1 atom stereocenters. The van der Waals surface area contributed by atoms with E-state index in [1.807, 2.05) is 38.1 Å². The standard InChI is InChI=1S/C14H20O2/c1-4-7-13(16-5-2)14(15)12-9-6-8-11(3)10-12/h6,8-10,13H,4-5,7H2,1-3H3. The predicted octanol–water partition coefficient (Wildman–Crippen LogP) is 3.38. The van der Waals surface area contributed by atoms with Gasteiger partial charge in [-0.1, -0.05) is 37.1 Å². The van der Waals surface area contributed by atoms with Crippen molar-refractivity contribution in [2.75, 3.05) is 6.61 Å². The minimum absolute atomic E-state index is 0.104. The van der Waals surface area contributed by atoms with Gasteiger partial charge in [0.25, 0.3) is 0 Å². The number of carbonyl (C=O) groups excluding carboxylic acids is 1. The van der Waals surface area contributed by atoms with E-state index in [0.717, 1.165) is 24.0 Å². The molecule has 0 aliphatic rings. The fraction of sp³-hybridized carbons (Fsp3) is 0.500. The summed E-state index contributed by atoms with van der Waals surface area (Å²) in [6.45, 7) is 6.57. The van der Waals surface area contributed by atoms with E-state index >= 15 is 0 Å². The molecule has 0 radical (unpaired) electrons. The molecule has 0 aliphatic carbocycles. The van der Waals surface area contributed by atoms with Gasteiger partial charge in [0.2, 0.25) is 0 Å². The molecule has 88 valence electrons. The Balaban J connectivity index is 2.81. The zero-order valence-corrected chi connectivity index (χ0v) is 10.3. The molecule has 1 aromatic rings. The minimum Gasteiger partial charge on any atom is -0.370 e. The molecular formula is C14H20O2. The molecule has 2 heteroatoms. The van der Waals surface area contributed by atoms with Gasteiger partial charge < -0.3 is 4.74 Å². The lowest BCUT2D eigenvalue weighted by atomic mass is 10.0. The largest absolute Gasteiger partial charge is 0.370 e. The third kappa shape index (κ3) is 3.46. The lowest BCUT2D eigenvalue weighted by molar-refractivity contribution is 0.0423. The van der Waals surface area contributed by atoms with Crippen LogP contribution >= 0.6 is 0 Å². The Hall–Kier alpha value is -1.15. The quantitative estimate of drug-likeness (QED) is 0.687. The molecule has 2 nitrogen and oxygen atoms in total. The monoisotopic (exact) mass is 220 g/mol. The van der Waals surface area contributed by atoms with Gasteiger partial charge in [-0.05, 0) is 26.3 Å². The van der Waals surface area contributed by atoms with Crippen molar-refractivity contribution >= 4 is 5.78 Å². The maximum Gasteiger partial charge on any atom is 0.191 e. The first-order valence-electron chi connectivity index (χ1n) is 5.91. The zero-order valence-electron chi connectivity index (χ0n) is 10.3. The number of benzene rings is 1. The molecule has 0 heterocycles. The average molecular weight is 220 g/mol. The number of ketones is 1. The van der Waals surface area contributed by atoms with E-state index in [9.17, 15) is 4.79 Å². The van der Waals surface area contributed by atoms with Crippen molar-refractivity contribution in [1.29, 1.82) is 0 Å². The van der Waals surface area contributed by atoms with Gasteiger partial charge in [-0.3, -0.25) is 4.79 Å². The van der Waals surface area contributed by atoms with Gasteiger partial charge >= 0.3 is 0 Å². The normalized spacial score (nSPS) is 12.4. The van der Waals surface area contributed by atoms with Crippen LogP contribution in [0.15, 0.2) is 24.3 Å². The van der Waals surface area contributed by atoms with Crippen LogP contribution in [-0.2, 0) is 4.74 Å². The van der Waals surface area contributed by atoms with Gasteiger partial charge in [0.15, 0.2) is 5.78 Å². The summed E-state index contributed by atoms with van der Waals surface area (Å²) >= 11 is 0. The first kappa shape index (κ1) is 12.9. The first-order valence-corrected chi connectivity index (χ1v) is 5.91. The molecular weight excluding hydrogens is 200 g/mol. The second-order valence-electron chi connectivity index (χ2n) is 3.97. The molecule has 0 saturated heterocycles. The Labute approximate surface area is 97.6 Å². The summed E-state index contributed by atoms with van der Waals surface area (Å²) in [6, 6.07) is 7.69. The molecule has 0 amide bonds.